The minimum absolute atomic E-state index is 0.606. The van der Waals surface area contributed by atoms with Crippen molar-refractivity contribution in [1.82, 2.24) is 14.1 Å². The average Bonchev–Trinajstić information content (AvgIpc) is 3.79. The third kappa shape index (κ3) is 3.67. The normalized spacial score (nSPS) is 11.8. The lowest BCUT2D eigenvalue weighted by Crippen LogP contribution is -1.97. The number of pyridine rings is 1. The van der Waals surface area contributed by atoms with Gasteiger partial charge in [-0.15, -0.1) is 0 Å². The SMILES string of the molecule is N#Cc1cc(-c2cccc(-n3c4cnccc4c4ccc5c6ccccc6oc5c43)c2)cc(-n2c3ccccc3c3ccccc32)c1. The van der Waals surface area contributed by atoms with E-state index in [4.69, 9.17) is 4.42 Å². The Kier molecular flexibility index (Phi) is 5.28. The van der Waals surface area contributed by atoms with Crippen LogP contribution in [0, 0.1) is 11.3 Å². The highest BCUT2D eigenvalue weighted by molar-refractivity contribution is 6.21. The van der Waals surface area contributed by atoms with Crippen molar-refractivity contribution in [1.29, 1.82) is 5.26 Å². The molecule has 0 atom stereocenters. The summed E-state index contributed by atoms with van der Waals surface area (Å²) in [6, 6.07) is 48.6. The van der Waals surface area contributed by atoms with Crippen molar-refractivity contribution in [2.75, 3.05) is 0 Å². The predicted octanol–water partition coefficient (Wildman–Crippen LogP) is 10.7. The quantitative estimate of drug-likeness (QED) is 0.203. The van der Waals surface area contributed by atoms with Crippen LogP contribution in [0.25, 0.3) is 88.1 Å². The first-order valence-electron chi connectivity index (χ1n) is 15.6. The maximum Gasteiger partial charge on any atom is 0.160 e. The molecule has 4 heterocycles. The molecule has 0 amide bonds. The monoisotopic (exact) mass is 600 g/mol. The minimum Gasteiger partial charge on any atom is -0.454 e. The molecule has 10 aromatic rings. The lowest BCUT2D eigenvalue weighted by atomic mass is 10.0. The van der Waals surface area contributed by atoms with E-state index >= 15 is 0 Å². The van der Waals surface area contributed by atoms with Gasteiger partial charge in [0.15, 0.2) is 5.58 Å². The van der Waals surface area contributed by atoms with Crippen molar-refractivity contribution in [2.45, 2.75) is 0 Å². The van der Waals surface area contributed by atoms with Crippen LogP contribution in [0.3, 0.4) is 0 Å². The molecule has 5 nitrogen and oxygen atoms in total. The Morgan fingerprint density at radius 2 is 1.23 bits per heavy atom. The van der Waals surface area contributed by atoms with Gasteiger partial charge in [0.05, 0.1) is 39.9 Å². The first-order valence-corrected chi connectivity index (χ1v) is 15.6. The van der Waals surface area contributed by atoms with E-state index in [1.165, 1.54) is 10.8 Å². The molecule has 218 valence electrons. The molecule has 10 rings (SSSR count). The predicted molar refractivity (Wildman–Crippen MR) is 190 cm³/mol. The molecule has 0 bridgehead atoms. The Labute approximate surface area is 268 Å². The molecule has 4 aromatic heterocycles. The molecule has 0 saturated heterocycles. The Hall–Kier alpha value is -6.64. The van der Waals surface area contributed by atoms with E-state index in [1.54, 1.807) is 0 Å². The lowest BCUT2D eigenvalue weighted by molar-refractivity contribution is 0.671. The molecule has 0 aliphatic carbocycles. The van der Waals surface area contributed by atoms with Gasteiger partial charge in [0, 0.05) is 49.9 Å². The zero-order valence-electron chi connectivity index (χ0n) is 25.1. The zero-order valence-corrected chi connectivity index (χ0v) is 25.1. The van der Waals surface area contributed by atoms with Crippen molar-refractivity contribution >= 4 is 65.6 Å². The van der Waals surface area contributed by atoms with Gasteiger partial charge in [0.25, 0.3) is 0 Å². The Morgan fingerprint density at radius 3 is 2.04 bits per heavy atom. The number of rotatable bonds is 3. The van der Waals surface area contributed by atoms with Gasteiger partial charge >= 0.3 is 0 Å². The Balaban J connectivity index is 1.22. The molecule has 0 N–H and O–H groups in total. The summed E-state index contributed by atoms with van der Waals surface area (Å²) in [7, 11) is 0. The van der Waals surface area contributed by atoms with Crippen molar-refractivity contribution in [3.05, 3.63) is 151 Å². The van der Waals surface area contributed by atoms with Crippen molar-refractivity contribution in [2.24, 2.45) is 0 Å². The molecule has 47 heavy (non-hydrogen) atoms. The number of hydrogen-bond acceptors (Lipinski definition) is 3. The highest BCUT2D eigenvalue weighted by atomic mass is 16.3. The van der Waals surface area contributed by atoms with Gasteiger partial charge in [0.1, 0.15) is 5.58 Å². The molecule has 0 fully saturated rings. The van der Waals surface area contributed by atoms with Crippen LogP contribution in [0.15, 0.2) is 150 Å². The number of para-hydroxylation sites is 3. The van der Waals surface area contributed by atoms with Gasteiger partial charge in [-0.25, -0.2) is 0 Å². The van der Waals surface area contributed by atoms with Gasteiger partial charge in [0.2, 0.25) is 0 Å². The number of benzene rings is 6. The average molecular weight is 601 g/mol. The van der Waals surface area contributed by atoms with Crippen molar-refractivity contribution in [3.8, 4) is 28.6 Å². The smallest absolute Gasteiger partial charge is 0.160 e. The fraction of sp³-hybridized carbons (Fsp3) is 0. The summed E-state index contributed by atoms with van der Waals surface area (Å²) < 4.78 is 11.1. The summed E-state index contributed by atoms with van der Waals surface area (Å²) in [6.07, 6.45) is 3.77. The number of hydrogen-bond donors (Lipinski definition) is 0. The third-order valence-corrected chi connectivity index (χ3v) is 9.40. The maximum absolute atomic E-state index is 10.2. The first kappa shape index (κ1) is 25.7. The third-order valence-electron chi connectivity index (χ3n) is 9.40. The number of nitrogens with zero attached hydrogens (tertiary/aromatic N) is 4. The molecule has 0 radical (unpaired) electrons. The standard InChI is InChI=1S/C42H24N4O/c43-24-26-20-28(23-30(21-26)45-37-13-4-1-10-31(37)32-11-2-5-14-38(32)45)27-8-7-9-29(22-27)46-39-25-44-19-18-33(39)35-16-17-36-34-12-3-6-15-40(34)47-42(36)41(35)46/h1-23,25H. The summed E-state index contributed by atoms with van der Waals surface area (Å²) in [6.45, 7) is 0. The van der Waals surface area contributed by atoms with Crippen molar-refractivity contribution < 1.29 is 4.42 Å². The van der Waals surface area contributed by atoms with Crippen molar-refractivity contribution in [3.63, 3.8) is 0 Å². The second kappa shape index (κ2) is 9.68. The molecule has 0 saturated carbocycles. The van der Waals surface area contributed by atoms with E-state index in [-0.39, 0.29) is 0 Å². The summed E-state index contributed by atoms with van der Waals surface area (Å²) in [5, 5.41) is 17.0. The highest BCUT2D eigenvalue weighted by Crippen LogP contribution is 2.41. The van der Waals surface area contributed by atoms with Crippen LogP contribution in [0.2, 0.25) is 0 Å². The lowest BCUT2D eigenvalue weighted by Gasteiger charge is -2.13. The van der Waals surface area contributed by atoms with Crippen LogP contribution < -0.4 is 0 Å². The molecule has 6 aromatic carbocycles. The molecule has 0 aliphatic rings. The first-order chi connectivity index (χ1) is 23.3. The van der Waals surface area contributed by atoms with E-state index in [9.17, 15) is 5.26 Å². The summed E-state index contributed by atoms with van der Waals surface area (Å²) in [4.78, 5) is 4.52. The molecule has 0 spiro atoms. The van der Waals surface area contributed by atoms with E-state index in [0.29, 0.717) is 5.56 Å². The fourth-order valence-corrected chi connectivity index (χ4v) is 7.39. The van der Waals surface area contributed by atoms with E-state index in [2.05, 4.69) is 123 Å². The minimum atomic E-state index is 0.606. The van der Waals surface area contributed by atoms with Crippen LogP contribution in [0.4, 0.5) is 0 Å². The fourth-order valence-electron chi connectivity index (χ4n) is 7.39. The van der Waals surface area contributed by atoms with E-state index in [1.807, 2.05) is 42.7 Å². The second-order valence-corrected chi connectivity index (χ2v) is 12.0. The number of fused-ring (bicyclic) bond motifs is 10. The van der Waals surface area contributed by atoms with Gasteiger partial charge in [-0.3, -0.25) is 4.98 Å². The maximum atomic E-state index is 10.2. The van der Waals surface area contributed by atoms with Crippen LogP contribution in [-0.4, -0.2) is 14.1 Å². The second-order valence-electron chi connectivity index (χ2n) is 12.0. The molecule has 0 aliphatic heterocycles. The number of nitriles is 1. The van der Waals surface area contributed by atoms with Gasteiger partial charge in [-0.2, -0.15) is 5.26 Å². The molecular weight excluding hydrogens is 576 g/mol. The van der Waals surface area contributed by atoms with Gasteiger partial charge in [-0.1, -0.05) is 72.8 Å². The summed E-state index contributed by atoms with van der Waals surface area (Å²) in [5.74, 6) is 0. The van der Waals surface area contributed by atoms with Crippen LogP contribution in [-0.2, 0) is 0 Å². The Bertz CT molecular complexity index is 2880. The molecule has 0 unspecified atom stereocenters. The molecule has 5 heteroatoms. The van der Waals surface area contributed by atoms with Crippen LogP contribution >= 0.6 is 0 Å². The number of furan rings is 1. The topological polar surface area (TPSA) is 59.7 Å². The van der Waals surface area contributed by atoms with E-state index in [0.717, 1.165) is 77.3 Å². The van der Waals surface area contributed by atoms with Crippen LogP contribution in [0.1, 0.15) is 5.56 Å². The summed E-state index contributed by atoms with van der Waals surface area (Å²) in [5.41, 5.74) is 10.5. The Morgan fingerprint density at radius 1 is 0.532 bits per heavy atom. The number of aromatic nitrogens is 3. The summed E-state index contributed by atoms with van der Waals surface area (Å²) >= 11 is 0. The van der Waals surface area contributed by atoms with E-state index < -0.39 is 0 Å². The van der Waals surface area contributed by atoms with Crippen LogP contribution in [0.5, 0.6) is 0 Å². The van der Waals surface area contributed by atoms with Gasteiger partial charge < -0.3 is 13.6 Å². The van der Waals surface area contributed by atoms with Gasteiger partial charge in [-0.05, 0) is 71.8 Å². The highest BCUT2D eigenvalue weighted by Gasteiger charge is 2.20. The zero-order chi connectivity index (χ0) is 31.1. The molecular formula is C42H24N4O. The largest absolute Gasteiger partial charge is 0.454 e.